The Balaban J connectivity index is 2.10. The van der Waals surface area contributed by atoms with E-state index in [0.717, 1.165) is 12.1 Å². The molecule has 0 radical (unpaired) electrons. The summed E-state index contributed by atoms with van der Waals surface area (Å²) in [6, 6.07) is 5.99. The number of nitrogens with zero attached hydrogens (tertiary/aromatic N) is 1. The molecule has 1 heterocycles. The van der Waals surface area contributed by atoms with Crippen molar-refractivity contribution in [2.45, 2.75) is 6.61 Å². The first-order chi connectivity index (χ1) is 8.16. The van der Waals surface area contributed by atoms with E-state index in [-0.39, 0.29) is 17.9 Å². The number of hydrogen-bond acceptors (Lipinski definition) is 2. The summed E-state index contributed by atoms with van der Waals surface area (Å²) >= 11 is 0. The SMILES string of the molecule is Fc1ccc(COc2cccnc2F)c(F)c1. The molecule has 2 nitrogen and oxygen atoms in total. The second kappa shape index (κ2) is 4.86. The Kier molecular flexibility index (Phi) is 3.27. The standard InChI is InChI=1S/C12H8F3NO/c13-9-4-3-8(10(14)6-9)7-17-11-2-1-5-16-12(11)15/h1-6H,7H2. The number of halogens is 3. The predicted molar refractivity (Wildman–Crippen MR) is 54.9 cm³/mol. The van der Waals surface area contributed by atoms with Crippen molar-refractivity contribution < 1.29 is 17.9 Å². The van der Waals surface area contributed by atoms with Crippen molar-refractivity contribution >= 4 is 0 Å². The zero-order chi connectivity index (χ0) is 12.3. The molecule has 5 heteroatoms. The molecular formula is C12H8F3NO. The Bertz CT molecular complexity index is 531. The highest BCUT2D eigenvalue weighted by atomic mass is 19.1. The molecule has 0 aliphatic rings. The predicted octanol–water partition coefficient (Wildman–Crippen LogP) is 3.08. The van der Waals surface area contributed by atoms with Gasteiger partial charge in [-0.1, -0.05) is 0 Å². The van der Waals surface area contributed by atoms with Gasteiger partial charge in [0.15, 0.2) is 5.75 Å². The molecule has 0 atom stereocenters. The van der Waals surface area contributed by atoms with Crippen LogP contribution in [-0.4, -0.2) is 4.98 Å². The van der Waals surface area contributed by atoms with Gasteiger partial charge in [-0.15, -0.1) is 0 Å². The van der Waals surface area contributed by atoms with Crippen molar-refractivity contribution in [1.82, 2.24) is 4.98 Å². The van der Waals surface area contributed by atoms with Crippen LogP contribution in [0.4, 0.5) is 13.2 Å². The second-order valence-electron chi connectivity index (χ2n) is 3.32. The Morgan fingerprint density at radius 1 is 1.12 bits per heavy atom. The first-order valence-electron chi connectivity index (χ1n) is 4.84. The van der Waals surface area contributed by atoms with Crippen molar-refractivity contribution in [1.29, 1.82) is 0 Å². The summed E-state index contributed by atoms with van der Waals surface area (Å²) in [6.07, 6.45) is 1.28. The third kappa shape index (κ3) is 2.75. The second-order valence-corrected chi connectivity index (χ2v) is 3.32. The van der Waals surface area contributed by atoms with Gasteiger partial charge >= 0.3 is 0 Å². The van der Waals surface area contributed by atoms with Crippen LogP contribution < -0.4 is 4.74 Å². The number of aromatic nitrogens is 1. The number of benzene rings is 1. The zero-order valence-corrected chi connectivity index (χ0v) is 8.66. The van der Waals surface area contributed by atoms with Crippen molar-refractivity contribution in [2.75, 3.05) is 0 Å². The molecule has 2 rings (SSSR count). The van der Waals surface area contributed by atoms with E-state index >= 15 is 0 Å². The van der Waals surface area contributed by atoms with Gasteiger partial charge < -0.3 is 4.74 Å². The maximum absolute atomic E-state index is 13.2. The minimum atomic E-state index is -0.769. The minimum Gasteiger partial charge on any atom is -0.484 e. The number of pyridine rings is 1. The fourth-order valence-electron chi connectivity index (χ4n) is 1.27. The van der Waals surface area contributed by atoms with Crippen LogP contribution in [0.15, 0.2) is 36.5 Å². The number of rotatable bonds is 3. The molecular weight excluding hydrogens is 231 g/mol. The molecule has 2 aromatic rings. The molecule has 0 N–H and O–H groups in total. The van der Waals surface area contributed by atoms with Gasteiger partial charge in [0.2, 0.25) is 0 Å². The van der Waals surface area contributed by atoms with E-state index in [0.29, 0.717) is 0 Å². The van der Waals surface area contributed by atoms with E-state index in [1.807, 2.05) is 0 Å². The first kappa shape index (κ1) is 11.4. The molecule has 1 aromatic carbocycles. The lowest BCUT2D eigenvalue weighted by Crippen LogP contribution is -2.01. The van der Waals surface area contributed by atoms with Gasteiger partial charge in [-0.3, -0.25) is 0 Å². The molecule has 0 unspecified atom stereocenters. The third-order valence-corrected chi connectivity index (χ3v) is 2.12. The summed E-state index contributed by atoms with van der Waals surface area (Å²) < 4.78 is 44.0. The lowest BCUT2D eigenvalue weighted by Gasteiger charge is -2.07. The van der Waals surface area contributed by atoms with E-state index in [1.165, 1.54) is 24.4 Å². The van der Waals surface area contributed by atoms with E-state index in [4.69, 9.17) is 4.74 Å². The van der Waals surface area contributed by atoms with E-state index < -0.39 is 17.6 Å². The van der Waals surface area contributed by atoms with Crippen LogP contribution in [-0.2, 0) is 6.61 Å². The monoisotopic (exact) mass is 239 g/mol. The van der Waals surface area contributed by atoms with Gasteiger partial charge in [0.05, 0.1) is 0 Å². The van der Waals surface area contributed by atoms with Gasteiger partial charge in [-0.2, -0.15) is 4.39 Å². The zero-order valence-electron chi connectivity index (χ0n) is 8.66. The summed E-state index contributed by atoms with van der Waals surface area (Å²) in [5.74, 6) is -2.24. The minimum absolute atomic E-state index is 0.0729. The molecule has 0 fully saturated rings. The van der Waals surface area contributed by atoms with E-state index in [1.54, 1.807) is 0 Å². The summed E-state index contributed by atoms with van der Waals surface area (Å²) in [7, 11) is 0. The van der Waals surface area contributed by atoms with Crippen LogP contribution in [0.3, 0.4) is 0 Å². The molecule has 1 aromatic heterocycles. The molecule has 0 bridgehead atoms. The summed E-state index contributed by atoms with van der Waals surface area (Å²) in [5, 5.41) is 0. The highest BCUT2D eigenvalue weighted by Crippen LogP contribution is 2.16. The van der Waals surface area contributed by atoms with Crippen LogP contribution in [0.1, 0.15) is 5.56 Å². The fraction of sp³-hybridized carbons (Fsp3) is 0.0833. The largest absolute Gasteiger partial charge is 0.484 e. The van der Waals surface area contributed by atoms with E-state index in [2.05, 4.69) is 4.98 Å². The van der Waals surface area contributed by atoms with Gasteiger partial charge in [0.25, 0.3) is 5.95 Å². The Labute approximate surface area is 95.7 Å². The number of hydrogen-bond donors (Lipinski definition) is 0. The summed E-state index contributed by atoms with van der Waals surface area (Å²) in [4.78, 5) is 3.38. The Morgan fingerprint density at radius 3 is 2.65 bits per heavy atom. The van der Waals surface area contributed by atoms with Gasteiger partial charge in [-0.25, -0.2) is 13.8 Å². The maximum atomic E-state index is 13.2. The van der Waals surface area contributed by atoms with Gasteiger partial charge in [0, 0.05) is 17.8 Å². The maximum Gasteiger partial charge on any atom is 0.255 e. The van der Waals surface area contributed by atoms with Crippen molar-refractivity contribution in [2.24, 2.45) is 0 Å². The molecule has 0 aliphatic carbocycles. The van der Waals surface area contributed by atoms with Gasteiger partial charge in [0.1, 0.15) is 18.2 Å². The molecule has 0 amide bonds. The molecule has 0 saturated carbocycles. The van der Waals surface area contributed by atoms with Crippen LogP contribution in [0.25, 0.3) is 0 Å². The third-order valence-electron chi connectivity index (χ3n) is 2.12. The Morgan fingerprint density at radius 2 is 1.94 bits per heavy atom. The topological polar surface area (TPSA) is 22.1 Å². The fourth-order valence-corrected chi connectivity index (χ4v) is 1.27. The van der Waals surface area contributed by atoms with Crippen molar-refractivity contribution in [3.05, 3.63) is 59.7 Å². The smallest absolute Gasteiger partial charge is 0.255 e. The molecule has 0 saturated heterocycles. The van der Waals surface area contributed by atoms with Crippen LogP contribution >= 0.6 is 0 Å². The van der Waals surface area contributed by atoms with Crippen LogP contribution in [0.2, 0.25) is 0 Å². The molecule has 88 valence electrons. The van der Waals surface area contributed by atoms with E-state index in [9.17, 15) is 13.2 Å². The highest BCUT2D eigenvalue weighted by molar-refractivity contribution is 5.21. The Hall–Kier alpha value is -2.04. The number of ether oxygens (including phenoxy) is 1. The normalized spacial score (nSPS) is 10.3. The molecule has 0 aliphatic heterocycles. The first-order valence-corrected chi connectivity index (χ1v) is 4.84. The molecule has 0 spiro atoms. The molecule has 17 heavy (non-hydrogen) atoms. The lowest BCUT2D eigenvalue weighted by molar-refractivity contribution is 0.280. The lowest BCUT2D eigenvalue weighted by atomic mass is 10.2. The van der Waals surface area contributed by atoms with Crippen LogP contribution in [0, 0.1) is 17.6 Å². The van der Waals surface area contributed by atoms with Crippen molar-refractivity contribution in [3.8, 4) is 5.75 Å². The summed E-state index contributed by atoms with van der Waals surface area (Å²) in [6.45, 7) is -0.186. The average Bonchev–Trinajstić information content (AvgIpc) is 2.30. The van der Waals surface area contributed by atoms with Crippen LogP contribution in [0.5, 0.6) is 5.75 Å². The quantitative estimate of drug-likeness (QED) is 0.768. The highest BCUT2D eigenvalue weighted by Gasteiger charge is 2.07. The van der Waals surface area contributed by atoms with Gasteiger partial charge in [-0.05, 0) is 24.3 Å². The average molecular weight is 239 g/mol. The van der Waals surface area contributed by atoms with Crippen molar-refractivity contribution in [3.63, 3.8) is 0 Å². The summed E-state index contributed by atoms with van der Waals surface area (Å²) in [5.41, 5.74) is 0.148.